The molecule has 2 rings (SSSR count). The van der Waals surface area contributed by atoms with Crippen molar-refractivity contribution in [2.24, 2.45) is 0 Å². The highest BCUT2D eigenvalue weighted by molar-refractivity contribution is 5.45. The number of nitrogens with one attached hydrogen (secondary N) is 1. The summed E-state index contributed by atoms with van der Waals surface area (Å²) in [6, 6.07) is 9.07. The van der Waals surface area contributed by atoms with Crippen LogP contribution in [-0.4, -0.2) is 11.1 Å². The smallest absolute Gasteiger partial charge is 0.0460 e. The van der Waals surface area contributed by atoms with Crippen LogP contribution in [0, 0.1) is 27.7 Å². The van der Waals surface area contributed by atoms with Crippen LogP contribution in [0.25, 0.3) is 5.69 Å². The summed E-state index contributed by atoms with van der Waals surface area (Å²) in [5.74, 6) is 0. The number of aryl methyl sites for hydroxylation is 3. The van der Waals surface area contributed by atoms with E-state index in [1.165, 1.54) is 46.6 Å². The molecule has 0 fully saturated rings. The van der Waals surface area contributed by atoms with Gasteiger partial charge in [-0.3, -0.25) is 0 Å². The number of unbranched alkanes of at least 4 members (excludes halogenated alkanes) is 1. The molecule has 0 amide bonds. The van der Waals surface area contributed by atoms with Crippen molar-refractivity contribution in [3.63, 3.8) is 0 Å². The fourth-order valence-corrected chi connectivity index (χ4v) is 3.01. The average molecular weight is 284 g/mol. The monoisotopic (exact) mass is 284 g/mol. The molecule has 1 heterocycles. The lowest BCUT2D eigenvalue weighted by Gasteiger charge is -2.12. The summed E-state index contributed by atoms with van der Waals surface area (Å²) in [6.07, 6.45) is 2.49. The van der Waals surface area contributed by atoms with E-state index in [1.807, 2.05) is 0 Å². The fraction of sp³-hybridized carbons (Fsp3) is 0.474. The lowest BCUT2D eigenvalue weighted by molar-refractivity contribution is 0.639. The third kappa shape index (κ3) is 3.76. The van der Waals surface area contributed by atoms with E-state index in [4.69, 9.17) is 0 Å². The molecule has 114 valence electrons. The first kappa shape index (κ1) is 15.8. The molecule has 0 saturated carbocycles. The Morgan fingerprint density at radius 1 is 0.952 bits per heavy atom. The van der Waals surface area contributed by atoms with Crippen molar-refractivity contribution in [3.05, 3.63) is 52.3 Å². The van der Waals surface area contributed by atoms with Gasteiger partial charge < -0.3 is 9.88 Å². The SMILES string of the molecule is CCCCNCc1cc(C)n(-c2cc(C)cc(C)c2)c1C. The summed E-state index contributed by atoms with van der Waals surface area (Å²) < 4.78 is 2.37. The van der Waals surface area contributed by atoms with Gasteiger partial charge in [-0.25, -0.2) is 0 Å². The van der Waals surface area contributed by atoms with Crippen molar-refractivity contribution in [1.29, 1.82) is 0 Å². The van der Waals surface area contributed by atoms with Gasteiger partial charge in [0, 0.05) is 23.6 Å². The molecule has 0 radical (unpaired) electrons. The number of nitrogens with zero attached hydrogens (tertiary/aromatic N) is 1. The van der Waals surface area contributed by atoms with Gasteiger partial charge in [-0.05, 0) is 75.5 Å². The molecule has 2 aromatic rings. The largest absolute Gasteiger partial charge is 0.318 e. The highest BCUT2D eigenvalue weighted by Crippen LogP contribution is 2.22. The molecule has 0 aliphatic rings. The van der Waals surface area contributed by atoms with Crippen LogP contribution >= 0.6 is 0 Å². The topological polar surface area (TPSA) is 17.0 Å². The van der Waals surface area contributed by atoms with Gasteiger partial charge in [0.1, 0.15) is 0 Å². The zero-order valence-corrected chi connectivity index (χ0v) is 14.1. The molecule has 21 heavy (non-hydrogen) atoms. The van der Waals surface area contributed by atoms with E-state index < -0.39 is 0 Å². The van der Waals surface area contributed by atoms with Gasteiger partial charge in [-0.15, -0.1) is 0 Å². The molecule has 1 N–H and O–H groups in total. The molecule has 0 spiro atoms. The third-order valence-corrected chi connectivity index (χ3v) is 4.02. The Morgan fingerprint density at radius 2 is 1.62 bits per heavy atom. The molecular formula is C19H28N2. The number of aromatic nitrogens is 1. The number of rotatable bonds is 6. The minimum absolute atomic E-state index is 0.963. The van der Waals surface area contributed by atoms with Gasteiger partial charge in [-0.2, -0.15) is 0 Å². The van der Waals surface area contributed by atoms with E-state index in [0.29, 0.717) is 0 Å². The molecular weight excluding hydrogens is 256 g/mol. The summed E-state index contributed by atoms with van der Waals surface area (Å²) in [4.78, 5) is 0. The van der Waals surface area contributed by atoms with E-state index >= 15 is 0 Å². The van der Waals surface area contributed by atoms with E-state index in [-0.39, 0.29) is 0 Å². The second kappa shape index (κ2) is 6.95. The average Bonchev–Trinajstić information content (AvgIpc) is 2.68. The third-order valence-electron chi connectivity index (χ3n) is 4.02. The summed E-state index contributed by atoms with van der Waals surface area (Å²) in [6.45, 7) is 13.0. The van der Waals surface area contributed by atoms with Crippen LogP contribution in [0.4, 0.5) is 0 Å². The van der Waals surface area contributed by atoms with Crippen LogP contribution in [0.1, 0.15) is 47.8 Å². The van der Waals surface area contributed by atoms with Crippen LogP contribution < -0.4 is 5.32 Å². The summed E-state index contributed by atoms with van der Waals surface area (Å²) >= 11 is 0. The van der Waals surface area contributed by atoms with Gasteiger partial charge in [0.2, 0.25) is 0 Å². The van der Waals surface area contributed by atoms with Gasteiger partial charge >= 0.3 is 0 Å². The zero-order valence-electron chi connectivity index (χ0n) is 14.1. The van der Waals surface area contributed by atoms with Crippen LogP contribution in [0.2, 0.25) is 0 Å². The van der Waals surface area contributed by atoms with E-state index in [2.05, 4.69) is 68.8 Å². The number of benzene rings is 1. The predicted molar refractivity (Wildman–Crippen MR) is 91.3 cm³/mol. The fourth-order valence-electron chi connectivity index (χ4n) is 3.01. The van der Waals surface area contributed by atoms with E-state index in [9.17, 15) is 0 Å². The quantitative estimate of drug-likeness (QED) is 0.767. The Labute approximate surface area is 129 Å². The highest BCUT2D eigenvalue weighted by atomic mass is 15.0. The Morgan fingerprint density at radius 3 is 2.24 bits per heavy atom. The van der Waals surface area contributed by atoms with Gasteiger partial charge in [0.05, 0.1) is 0 Å². The van der Waals surface area contributed by atoms with Crippen molar-refractivity contribution in [2.75, 3.05) is 6.54 Å². The first-order chi connectivity index (χ1) is 10.0. The van der Waals surface area contributed by atoms with Crippen LogP contribution in [0.3, 0.4) is 0 Å². The van der Waals surface area contributed by atoms with Crippen molar-refractivity contribution < 1.29 is 0 Å². The minimum Gasteiger partial charge on any atom is -0.318 e. The zero-order chi connectivity index (χ0) is 15.4. The molecule has 0 bridgehead atoms. The maximum Gasteiger partial charge on any atom is 0.0460 e. The summed E-state index contributed by atoms with van der Waals surface area (Å²) in [5.41, 5.74) is 7.98. The van der Waals surface area contributed by atoms with Gasteiger partial charge in [0.25, 0.3) is 0 Å². The maximum absolute atomic E-state index is 3.54. The minimum atomic E-state index is 0.963. The molecule has 1 aromatic carbocycles. The Kier molecular flexibility index (Phi) is 5.24. The Balaban J connectivity index is 2.26. The van der Waals surface area contributed by atoms with Crippen LogP contribution in [-0.2, 0) is 6.54 Å². The van der Waals surface area contributed by atoms with Crippen molar-refractivity contribution >= 4 is 0 Å². The second-order valence-corrected chi connectivity index (χ2v) is 6.11. The lowest BCUT2D eigenvalue weighted by Crippen LogP contribution is -2.15. The normalized spacial score (nSPS) is 11.1. The molecule has 2 nitrogen and oxygen atoms in total. The Hall–Kier alpha value is -1.54. The Bertz CT molecular complexity index is 588. The van der Waals surface area contributed by atoms with Crippen molar-refractivity contribution in [3.8, 4) is 5.69 Å². The first-order valence-electron chi connectivity index (χ1n) is 8.00. The number of hydrogen-bond donors (Lipinski definition) is 1. The van der Waals surface area contributed by atoms with Gasteiger partial charge in [-0.1, -0.05) is 19.4 Å². The van der Waals surface area contributed by atoms with E-state index in [0.717, 1.165) is 13.1 Å². The van der Waals surface area contributed by atoms with Crippen LogP contribution in [0.5, 0.6) is 0 Å². The number of hydrogen-bond acceptors (Lipinski definition) is 1. The maximum atomic E-state index is 3.54. The first-order valence-corrected chi connectivity index (χ1v) is 8.00. The lowest BCUT2D eigenvalue weighted by atomic mass is 10.1. The molecule has 1 aromatic heterocycles. The van der Waals surface area contributed by atoms with Crippen molar-refractivity contribution in [1.82, 2.24) is 9.88 Å². The molecule has 2 heteroatoms. The summed E-state index contributed by atoms with van der Waals surface area (Å²) in [7, 11) is 0. The molecule has 0 aliphatic carbocycles. The predicted octanol–water partition coefficient (Wildman–Crippen LogP) is 4.60. The molecule has 0 saturated heterocycles. The standard InChI is InChI=1S/C19H28N2/c1-6-7-8-20-13-18-12-16(4)21(17(18)5)19-10-14(2)9-15(3)11-19/h9-12,20H,6-8,13H2,1-5H3. The van der Waals surface area contributed by atoms with Crippen LogP contribution in [0.15, 0.2) is 24.3 Å². The highest BCUT2D eigenvalue weighted by Gasteiger charge is 2.10. The van der Waals surface area contributed by atoms with Gasteiger partial charge in [0.15, 0.2) is 0 Å². The second-order valence-electron chi connectivity index (χ2n) is 6.11. The summed E-state index contributed by atoms with van der Waals surface area (Å²) in [5, 5.41) is 3.54. The molecule has 0 unspecified atom stereocenters. The molecule has 0 aliphatic heterocycles. The van der Waals surface area contributed by atoms with E-state index in [1.54, 1.807) is 0 Å². The van der Waals surface area contributed by atoms with Crippen molar-refractivity contribution in [2.45, 2.75) is 54.0 Å². The molecule has 0 atom stereocenters.